The summed E-state index contributed by atoms with van der Waals surface area (Å²) in [7, 11) is 0. The number of hydrogen-bond donors (Lipinski definition) is 1. The zero-order chi connectivity index (χ0) is 14.9. The van der Waals surface area contributed by atoms with E-state index in [4.69, 9.17) is 0 Å². The summed E-state index contributed by atoms with van der Waals surface area (Å²) in [5.41, 5.74) is 3.61. The van der Waals surface area contributed by atoms with Crippen LogP contribution in [0.15, 0.2) is 54.6 Å². The lowest BCUT2D eigenvalue weighted by Crippen LogP contribution is -2.18. The Hall–Kier alpha value is -1.60. The van der Waals surface area contributed by atoms with Crippen LogP contribution in [0, 0.1) is 5.92 Å². The molecule has 2 aromatic carbocycles. The van der Waals surface area contributed by atoms with E-state index in [1.165, 1.54) is 11.1 Å². The standard InChI is InChI=1S/C20H24O/c1-15(2)14-16-8-10-17(11-9-16)19(21)20(12-13-20)18-6-4-3-5-7-18/h3-11,15,19,21H,12-14H2,1-2H3. The molecule has 0 aliphatic heterocycles. The van der Waals surface area contributed by atoms with E-state index in [2.05, 4.69) is 62.4 Å². The van der Waals surface area contributed by atoms with E-state index in [0.29, 0.717) is 5.92 Å². The maximum Gasteiger partial charge on any atom is 0.0886 e. The largest absolute Gasteiger partial charge is 0.387 e. The Labute approximate surface area is 127 Å². The summed E-state index contributed by atoms with van der Waals surface area (Å²) in [6.07, 6.45) is 2.85. The molecule has 110 valence electrons. The van der Waals surface area contributed by atoms with Crippen molar-refractivity contribution >= 4 is 0 Å². The van der Waals surface area contributed by atoms with Crippen LogP contribution in [0.3, 0.4) is 0 Å². The zero-order valence-electron chi connectivity index (χ0n) is 12.9. The minimum absolute atomic E-state index is 0.0547. The van der Waals surface area contributed by atoms with Gasteiger partial charge in [0.15, 0.2) is 0 Å². The minimum atomic E-state index is -0.395. The Kier molecular flexibility index (Phi) is 3.86. The molecule has 1 aliphatic carbocycles. The number of rotatable bonds is 5. The highest BCUT2D eigenvalue weighted by molar-refractivity contribution is 5.37. The van der Waals surface area contributed by atoms with Gasteiger partial charge in [-0.3, -0.25) is 0 Å². The summed E-state index contributed by atoms with van der Waals surface area (Å²) in [5, 5.41) is 10.8. The summed E-state index contributed by atoms with van der Waals surface area (Å²) in [6.45, 7) is 4.47. The van der Waals surface area contributed by atoms with Gasteiger partial charge in [0.05, 0.1) is 6.10 Å². The molecule has 2 aromatic rings. The van der Waals surface area contributed by atoms with Crippen LogP contribution in [0.25, 0.3) is 0 Å². The fourth-order valence-electron chi connectivity index (χ4n) is 3.25. The average Bonchev–Trinajstić information content (AvgIpc) is 3.29. The topological polar surface area (TPSA) is 20.2 Å². The first-order valence-corrected chi connectivity index (χ1v) is 7.94. The van der Waals surface area contributed by atoms with Crippen molar-refractivity contribution in [2.24, 2.45) is 5.92 Å². The van der Waals surface area contributed by atoms with Gasteiger partial charge in [0.25, 0.3) is 0 Å². The summed E-state index contributed by atoms with van der Waals surface area (Å²) < 4.78 is 0. The van der Waals surface area contributed by atoms with Crippen molar-refractivity contribution in [1.29, 1.82) is 0 Å². The van der Waals surface area contributed by atoms with Crippen molar-refractivity contribution in [3.63, 3.8) is 0 Å². The quantitative estimate of drug-likeness (QED) is 0.845. The molecule has 0 heterocycles. The highest BCUT2D eigenvalue weighted by atomic mass is 16.3. The SMILES string of the molecule is CC(C)Cc1ccc(C(O)C2(c3ccccc3)CC2)cc1. The predicted octanol–water partition coefficient (Wildman–Crippen LogP) is 4.65. The van der Waals surface area contributed by atoms with Gasteiger partial charge in [-0.25, -0.2) is 0 Å². The van der Waals surface area contributed by atoms with Crippen molar-refractivity contribution in [2.75, 3.05) is 0 Å². The lowest BCUT2D eigenvalue weighted by Gasteiger charge is -2.23. The fraction of sp³-hybridized carbons (Fsp3) is 0.400. The second-order valence-electron chi connectivity index (χ2n) is 6.76. The molecule has 1 saturated carbocycles. The van der Waals surface area contributed by atoms with E-state index < -0.39 is 6.10 Å². The first kappa shape index (κ1) is 14.3. The van der Waals surface area contributed by atoms with Crippen LogP contribution in [-0.2, 0) is 11.8 Å². The van der Waals surface area contributed by atoms with E-state index in [1.807, 2.05) is 6.07 Å². The van der Waals surface area contributed by atoms with E-state index in [-0.39, 0.29) is 5.41 Å². The first-order chi connectivity index (χ1) is 10.1. The van der Waals surface area contributed by atoms with Gasteiger partial charge >= 0.3 is 0 Å². The molecule has 0 saturated heterocycles. The third-order valence-electron chi connectivity index (χ3n) is 4.60. The Morgan fingerprint density at radius 1 is 0.952 bits per heavy atom. The van der Waals surface area contributed by atoms with Crippen LogP contribution >= 0.6 is 0 Å². The second kappa shape index (κ2) is 5.65. The van der Waals surface area contributed by atoms with E-state index >= 15 is 0 Å². The van der Waals surface area contributed by atoms with Gasteiger partial charge in [-0.1, -0.05) is 68.4 Å². The predicted molar refractivity (Wildman–Crippen MR) is 87.3 cm³/mol. The normalized spacial score (nSPS) is 17.7. The molecule has 1 nitrogen and oxygen atoms in total. The molecule has 1 heteroatoms. The number of hydrogen-bond acceptors (Lipinski definition) is 1. The van der Waals surface area contributed by atoms with Crippen LogP contribution in [-0.4, -0.2) is 5.11 Å². The summed E-state index contributed by atoms with van der Waals surface area (Å²) >= 11 is 0. The van der Waals surface area contributed by atoms with Gasteiger partial charge in [0.1, 0.15) is 0 Å². The molecule has 1 unspecified atom stereocenters. The monoisotopic (exact) mass is 280 g/mol. The van der Waals surface area contributed by atoms with Crippen molar-refractivity contribution in [1.82, 2.24) is 0 Å². The molecule has 1 atom stereocenters. The van der Waals surface area contributed by atoms with E-state index in [9.17, 15) is 5.11 Å². The maximum absolute atomic E-state index is 10.8. The highest BCUT2D eigenvalue weighted by Gasteiger charge is 2.50. The molecule has 0 spiro atoms. The zero-order valence-corrected chi connectivity index (χ0v) is 12.9. The van der Waals surface area contributed by atoms with Crippen molar-refractivity contribution in [3.8, 4) is 0 Å². The lowest BCUT2D eigenvalue weighted by atomic mass is 9.85. The number of aliphatic hydroxyl groups excluding tert-OH is 1. The molecule has 0 radical (unpaired) electrons. The third kappa shape index (κ3) is 2.89. The first-order valence-electron chi connectivity index (χ1n) is 7.94. The third-order valence-corrected chi connectivity index (χ3v) is 4.60. The molecule has 0 amide bonds. The Morgan fingerprint density at radius 3 is 2.10 bits per heavy atom. The van der Waals surface area contributed by atoms with Gasteiger partial charge in [-0.05, 0) is 41.9 Å². The molecular formula is C20H24O. The highest BCUT2D eigenvalue weighted by Crippen LogP contribution is 2.56. The molecule has 0 bridgehead atoms. The van der Waals surface area contributed by atoms with Gasteiger partial charge in [0, 0.05) is 5.41 Å². The molecule has 1 N–H and O–H groups in total. The number of benzene rings is 2. The average molecular weight is 280 g/mol. The van der Waals surface area contributed by atoms with Gasteiger partial charge in [-0.15, -0.1) is 0 Å². The maximum atomic E-state index is 10.8. The van der Waals surface area contributed by atoms with Crippen LogP contribution in [0.2, 0.25) is 0 Å². The summed E-state index contributed by atoms with van der Waals surface area (Å²) in [6, 6.07) is 19.0. The minimum Gasteiger partial charge on any atom is -0.387 e. The number of aliphatic hydroxyl groups is 1. The molecule has 21 heavy (non-hydrogen) atoms. The van der Waals surface area contributed by atoms with Gasteiger partial charge in [0.2, 0.25) is 0 Å². The smallest absolute Gasteiger partial charge is 0.0886 e. The Balaban J connectivity index is 1.81. The van der Waals surface area contributed by atoms with Crippen molar-refractivity contribution in [3.05, 3.63) is 71.3 Å². The van der Waals surface area contributed by atoms with Crippen LogP contribution in [0.5, 0.6) is 0 Å². The van der Waals surface area contributed by atoms with Crippen LogP contribution in [0.1, 0.15) is 49.5 Å². The van der Waals surface area contributed by atoms with E-state index in [1.54, 1.807) is 0 Å². The molecule has 0 aromatic heterocycles. The van der Waals surface area contributed by atoms with Gasteiger partial charge in [-0.2, -0.15) is 0 Å². The molecule has 1 fully saturated rings. The molecular weight excluding hydrogens is 256 g/mol. The van der Waals surface area contributed by atoms with Crippen LogP contribution in [0.4, 0.5) is 0 Å². The van der Waals surface area contributed by atoms with Crippen molar-refractivity contribution in [2.45, 2.75) is 44.6 Å². The van der Waals surface area contributed by atoms with Crippen molar-refractivity contribution < 1.29 is 5.11 Å². The second-order valence-corrected chi connectivity index (χ2v) is 6.76. The Morgan fingerprint density at radius 2 is 1.57 bits per heavy atom. The molecule has 3 rings (SSSR count). The summed E-state index contributed by atoms with van der Waals surface area (Å²) in [4.78, 5) is 0. The van der Waals surface area contributed by atoms with Gasteiger partial charge < -0.3 is 5.11 Å². The Bertz CT molecular complexity index is 579. The van der Waals surface area contributed by atoms with E-state index in [0.717, 1.165) is 24.8 Å². The molecule has 1 aliphatic rings. The van der Waals surface area contributed by atoms with Crippen LogP contribution < -0.4 is 0 Å². The lowest BCUT2D eigenvalue weighted by molar-refractivity contribution is 0.133. The fourth-order valence-corrected chi connectivity index (χ4v) is 3.25. The summed E-state index contributed by atoms with van der Waals surface area (Å²) in [5.74, 6) is 0.667.